The average molecular weight is 238 g/mol. The van der Waals surface area contributed by atoms with E-state index in [0.717, 1.165) is 16.3 Å². The minimum atomic E-state index is 0.161. The fraction of sp³-hybridized carbons (Fsp3) is 0.417. The van der Waals surface area contributed by atoms with Crippen LogP contribution in [0.15, 0.2) is 23.1 Å². The van der Waals surface area contributed by atoms with Crippen molar-refractivity contribution in [2.45, 2.75) is 18.2 Å². The third kappa shape index (κ3) is 3.77. The Morgan fingerprint density at radius 1 is 1.44 bits per heavy atom. The van der Waals surface area contributed by atoms with Crippen LogP contribution in [0.3, 0.4) is 0 Å². The zero-order valence-electron chi connectivity index (χ0n) is 9.99. The molecule has 0 aromatic heterocycles. The Morgan fingerprint density at radius 3 is 2.75 bits per heavy atom. The molecular weight excluding hydrogens is 220 g/mol. The predicted octanol–water partition coefficient (Wildman–Crippen LogP) is 2.15. The van der Waals surface area contributed by atoms with E-state index >= 15 is 0 Å². The van der Waals surface area contributed by atoms with Gasteiger partial charge in [-0.05, 0) is 24.6 Å². The first kappa shape index (κ1) is 12.9. The largest absolute Gasteiger partial charge is 0.399 e. The summed E-state index contributed by atoms with van der Waals surface area (Å²) >= 11 is 1.68. The Labute approximate surface area is 101 Å². The van der Waals surface area contributed by atoms with E-state index in [-0.39, 0.29) is 5.91 Å². The number of amides is 1. The van der Waals surface area contributed by atoms with Crippen molar-refractivity contribution in [3.05, 3.63) is 23.8 Å². The minimum absolute atomic E-state index is 0.161. The van der Waals surface area contributed by atoms with Crippen LogP contribution in [0.5, 0.6) is 0 Å². The Kier molecular flexibility index (Phi) is 4.68. The summed E-state index contributed by atoms with van der Waals surface area (Å²) < 4.78 is 0. The molecule has 4 heteroatoms. The molecule has 16 heavy (non-hydrogen) atoms. The van der Waals surface area contributed by atoms with E-state index in [1.165, 1.54) is 5.56 Å². The smallest absolute Gasteiger partial charge is 0.222 e. The minimum Gasteiger partial charge on any atom is -0.399 e. The van der Waals surface area contributed by atoms with Crippen LogP contribution in [0, 0.1) is 6.92 Å². The molecule has 0 radical (unpaired) electrons. The van der Waals surface area contributed by atoms with Crippen molar-refractivity contribution in [2.75, 3.05) is 25.6 Å². The quantitative estimate of drug-likeness (QED) is 0.646. The van der Waals surface area contributed by atoms with Gasteiger partial charge in [0.05, 0.1) is 0 Å². The molecule has 1 aromatic carbocycles. The van der Waals surface area contributed by atoms with Gasteiger partial charge in [0.25, 0.3) is 0 Å². The number of hydrogen-bond acceptors (Lipinski definition) is 3. The van der Waals surface area contributed by atoms with Crippen LogP contribution < -0.4 is 5.73 Å². The number of aryl methyl sites for hydroxylation is 1. The van der Waals surface area contributed by atoms with Crippen molar-refractivity contribution in [3.8, 4) is 0 Å². The van der Waals surface area contributed by atoms with Gasteiger partial charge in [0.1, 0.15) is 0 Å². The average Bonchev–Trinajstić information content (AvgIpc) is 2.22. The highest BCUT2D eigenvalue weighted by atomic mass is 32.2. The molecule has 0 unspecified atom stereocenters. The standard InChI is InChI=1S/C12H18N2OS/c1-9-4-5-10(13)8-11(9)16-7-6-12(15)14(2)3/h4-5,8H,6-7,13H2,1-3H3. The summed E-state index contributed by atoms with van der Waals surface area (Å²) in [6.45, 7) is 2.05. The van der Waals surface area contributed by atoms with Gasteiger partial charge in [-0.2, -0.15) is 0 Å². The first-order chi connectivity index (χ1) is 7.50. The summed E-state index contributed by atoms with van der Waals surface area (Å²) in [7, 11) is 3.55. The zero-order valence-corrected chi connectivity index (χ0v) is 10.8. The highest BCUT2D eigenvalue weighted by Crippen LogP contribution is 2.25. The van der Waals surface area contributed by atoms with Crippen molar-refractivity contribution in [2.24, 2.45) is 0 Å². The zero-order chi connectivity index (χ0) is 12.1. The maximum absolute atomic E-state index is 11.4. The van der Waals surface area contributed by atoms with E-state index in [2.05, 4.69) is 6.92 Å². The number of hydrogen-bond donors (Lipinski definition) is 1. The Morgan fingerprint density at radius 2 is 2.12 bits per heavy atom. The molecule has 0 bridgehead atoms. The predicted molar refractivity (Wildman–Crippen MR) is 69.6 cm³/mol. The Bertz CT molecular complexity index is 377. The van der Waals surface area contributed by atoms with Gasteiger partial charge in [-0.3, -0.25) is 4.79 Å². The van der Waals surface area contributed by atoms with Gasteiger partial charge >= 0.3 is 0 Å². The maximum atomic E-state index is 11.4. The highest BCUT2D eigenvalue weighted by molar-refractivity contribution is 7.99. The lowest BCUT2D eigenvalue weighted by Gasteiger charge is -2.10. The topological polar surface area (TPSA) is 46.3 Å². The number of nitrogens with zero attached hydrogens (tertiary/aromatic N) is 1. The number of rotatable bonds is 4. The fourth-order valence-electron chi connectivity index (χ4n) is 1.24. The van der Waals surface area contributed by atoms with Crippen LogP contribution in [-0.4, -0.2) is 30.7 Å². The van der Waals surface area contributed by atoms with E-state index in [4.69, 9.17) is 5.73 Å². The molecule has 0 saturated carbocycles. The molecule has 0 aliphatic carbocycles. The number of carbonyl (C=O) groups is 1. The summed E-state index contributed by atoms with van der Waals surface area (Å²) in [5, 5.41) is 0. The first-order valence-corrected chi connectivity index (χ1v) is 6.18. The lowest BCUT2D eigenvalue weighted by molar-refractivity contribution is -0.128. The van der Waals surface area contributed by atoms with Gasteiger partial charge in [0, 0.05) is 36.9 Å². The fourth-order valence-corrected chi connectivity index (χ4v) is 2.26. The van der Waals surface area contributed by atoms with Crippen molar-refractivity contribution in [3.63, 3.8) is 0 Å². The summed E-state index contributed by atoms with van der Waals surface area (Å²) in [5.74, 6) is 0.954. The number of nitrogen functional groups attached to an aromatic ring is 1. The maximum Gasteiger partial charge on any atom is 0.222 e. The summed E-state index contributed by atoms with van der Waals surface area (Å²) in [6, 6.07) is 5.86. The highest BCUT2D eigenvalue weighted by Gasteiger charge is 2.05. The van der Waals surface area contributed by atoms with Crippen LogP contribution in [0.4, 0.5) is 5.69 Å². The molecule has 0 atom stereocenters. The normalized spacial score (nSPS) is 10.2. The van der Waals surface area contributed by atoms with E-state index in [9.17, 15) is 4.79 Å². The van der Waals surface area contributed by atoms with E-state index in [1.807, 2.05) is 18.2 Å². The molecule has 1 rings (SSSR count). The molecule has 88 valence electrons. The van der Waals surface area contributed by atoms with Gasteiger partial charge in [0.2, 0.25) is 5.91 Å². The van der Waals surface area contributed by atoms with Gasteiger partial charge in [0.15, 0.2) is 0 Å². The number of nitrogens with two attached hydrogens (primary N) is 1. The van der Waals surface area contributed by atoms with E-state index in [1.54, 1.807) is 30.8 Å². The van der Waals surface area contributed by atoms with Crippen LogP contribution in [0.1, 0.15) is 12.0 Å². The molecule has 0 saturated heterocycles. The van der Waals surface area contributed by atoms with Crippen LogP contribution in [0.2, 0.25) is 0 Å². The van der Waals surface area contributed by atoms with Crippen molar-refractivity contribution in [1.29, 1.82) is 0 Å². The first-order valence-electron chi connectivity index (χ1n) is 5.20. The van der Waals surface area contributed by atoms with Crippen molar-refractivity contribution < 1.29 is 4.79 Å². The number of benzene rings is 1. The van der Waals surface area contributed by atoms with Gasteiger partial charge in [-0.25, -0.2) is 0 Å². The number of carbonyl (C=O) groups excluding carboxylic acids is 1. The molecule has 0 spiro atoms. The number of thioether (sulfide) groups is 1. The third-order valence-corrected chi connectivity index (χ3v) is 3.44. The molecule has 2 N–H and O–H groups in total. The van der Waals surface area contributed by atoms with Crippen LogP contribution in [-0.2, 0) is 4.79 Å². The van der Waals surface area contributed by atoms with Gasteiger partial charge in [-0.1, -0.05) is 6.07 Å². The molecule has 1 amide bonds. The van der Waals surface area contributed by atoms with Gasteiger partial charge in [-0.15, -0.1) is 11.8 Å². The second-order valence-corrected chi connectivity index (χ2v) is 5.05. The molecule has 3 nitrogen and oxygen atoms in total. The van der Waals surface area contributed by atoms with Crippen LogP contribution >= 0.6 is 11.8 Å². The summed E-state index contributed by atoms with van der Waals surface area (Å²) in [6.07, 6.45) is 0.561. The molecule has 0 fully saturated rings. The Balaban J connectivity index is 2.49. The molecule has 0 aliphatic rings. The van der Waals surface area contributed by atoms with Crippen molar-refractivity contribution in [1.82, 2.24) is 4.90 Å². The third-order valence-electron chi connectivity index (χ3n) is 2.28. The summed E-state index contributed by atoms with van der Waals surface area (Å²) in [5.41, 5.74) is 7.69. The molecule has 0 aliphatic heterocycles. The second-order valence-electron chi connectivity index (χ2n) is 3.91. The SMILES string of the molecule is Cc1ccc(N)cc1SCCC(=O)N(C)C. The van der Waals surface area contributed by atoms with E-state index < -0.39 is 0 Å². The molecule has 1 aromatic rings. The second kappa shape index (κ2) is 5.80. The lowest BCUT2D eigenvalue weighted by Crippen LogP contribution is -2.21. The van der Waals surface area contributed by atoms with Crippen LogP contribution in [0.25, 0.3) is 0 Å². The molecular formula is C12H18N2OS. The lowest BCUT2D eigenvalue weighted by atomic mass is 10.2. The summed E-state index contributed by atoms with van der Waals surface area (Å²) in [4.78, 5) is 14.1. The molecule has 0 heterocycles. The Hall–Kier alpha value is -1.16. The van der Waals surface area contributed by atoms with Gasteiger partial charge < -0.3 is 10.6 Å². The van der Waals surface area contributed by atoms with E-state index in [0.29, 0.717) is 6.42 Å². The monoisotopic (exact) mass is 238 g/mol. The van der Waals surface area contributed by atoms with Crippen molar-refractivity contribution >= 4 is 23.4 Å². The number of anilines is 1.